The molecule has 1 aliphatic rings. The van der Waals surface area contributed by atoms with Crippen LogP contribution in [0.3, 0.4) is 0 Å². The number of rotatable bonds is 3. The average Bonchev–Trinajstić information content (AvgIpc) is 2.69. The van der Waals surface area contributed by atoms with E-state index < -0.39 is 0 Å². The van der Waals surface area contributed by atoms with Crippen molar-refractivity contribution >= 4 is 22.6 Å². The SMILES string of the molecule is CCCn1c(=N)c(C(=O)N2CC(C)CC(C)C2)cc2c(=O)n3ccccc3nc21. The third-order valence-corrected chi connectivity index (χ3v) is 5.65. The summed E-state index contributed by atoms with van der Waals surface area (Å²) in [4.78, 5) is 33.0. The van der Waals surface area contributed by atoms with E-state index in [2.05, 4.69) is 18.8 Å². The molecule has 3 aromatic rings. The fourth-order valence-corrected chi connectivity index (χ4v) is 4.49. The smallest absolute Gasteiger partial charge is 0.267 e. The van der Waals surface area contributed by atoms with E-state index in [1.807, 2.05) is 17.9 Å². The Morgan fingerprint density at radius 1 is 1.24 bits per heavy atom. The van der Waals surface area contributed by atoms with Gasteiger partial charge in [-0.25, -0.2) is 4.98 Å². The van der Waals surface area contributed by atoms with Crippen LogP contribution in [0.25, 0.3) is 16.7 Å². The highest BCUT2D eigenvalue weighted by Gasteiger charge is 2.28. The number of carbonyl (C=O) groups excluding carboxylic acids is 1. The average molecular weight is 393 g/mol. The Kier molecular flexibility index (Phi) is 4.98. The van der Waals surface area contributed by atoms with Crippen molar-refractivity contribution in [3.05, 3.63) is 51.9 Å². The maximum Gasteiger partial charge on any atom is 0.267 e. The first-order chi connectivity index (χ1) is 13.9. The van der Waals surface area contributed by atoms with E-state index in [0.717, 1.165) is 12.8 Å². The van der Waals surface area contributed by atoms with Crippen molar-refractivity contribution in [3.63, 3.8) is 0 Å². The summed E-state index contributed by atoms with van der Waals surface area (Å²) in [6.07, 6.45) is 3.55. The molecule has 7 nitrogen and oxygen atoms in total. The molecule has 152 valence electrons. The highest BCUT2D eigenvalue weighted by atomic mass is 16.2. The number of hydrogen-bond acceptors (Lipinski definition) is 4. The van der Waals surface area contributed by atoms with Crippen LogP contribution in [0.15, 0.2) is 35.3 Å². The lowest BCUT2D eigenvalue weighted by molar-refractivity contribution is 0.0620. The second-order valence-corrected chi connectivity index (χ2v) is 8.30. The van der Waals surface area contributed by atoms with Gasteiger partial charge in [-0.2, -0.15) is 0 Å². The second-order valence-electron chi connectivity index (χ2n) is 8.30. The summed E-state index contributed by atoms with van der Waals surface area (Å²) in [5.41, 5.74) is 1.19. The number of aryl methyl sites for hydroxylation is 1. The maximum atomic E-state index is 13.4. The fraction of sp³-hybridized carbons (Fsp3) is 0.455. The van der Waals surface area contributed by atoms with Gasteiger partial charge >= 0.3 is 0 Å². The molecule has 1 fully saturated rings. The number of aromatic nitrogens is 3. The van der Waals surface area contributed by atoms with Crippen molar-refractivity contribution in [2.45, 2.75) is 40.2 Å². The van der Waals surface area contributed by atoms with Gasteiger partial charge in [-0.05, 0) is 42.9 Å². The number of pyridine rings is 2. The molecule has 0 aliphatic carbocycles. The summed E-state index contributed by atoms with van der Waals surface area (Å²) in [5.74, 6) is 0.686. The van der Waals surface area contributed by atoms with Crippen molar-refractivity contribution in [3.8, 4) is 0 Å². The minimum Gasteiger partial charge on any atom is -0.338 e. The molecule has 0 radical (unpaired) electrons. The molecular formula is C22H27N5O2. The molecule has 3 aromatic heterocycles. The van der Waals surface area contributed by atoms with Crippen molar-refractivity contribution in [1.82, 2.24) is 18.9 Å². The predicted octanol–water partition coefficient (Wildman–Crippen LogP) is 2.66. The molecule has 0 spiro atoms. The van der Waals surface area contributed by atoms with Crippen LogP contribution in [0.5, 0.6) is 0 Å². The van der Waals surface area contributed by atoms with Crippen molar-refractivity contribution < 1.29 is 4.79 Å². The Morgan fingerprint density at radius 3 is 2.66 bits per heavy atom. The highest BCUT2D eigenvalue weighted by molar-refractivity contribution is 5.97. The Hall–Kier alpha value is -2.96. The number of likely N-dealkylation sites (tertiary alicyclic amines) is 1. The van der Waals surface area contributed by atoms with Gasteiger partial charge in [-0.3, -0.25) is 19.4 Å². The largest absolute Gasteiger partial charge is 0.338 e. The molecule has 0 aromatic carbocycles. The normalized spacial score (nSPS) is 19.8. The Morgan fingerprint density at radius 2 is 1.97 bits per heavy atom. The molecule has 29 heavy (non-hydrogen) atoms. The number of amides is 1. The third kappa shape index (κ3) is 3.34. The second kappa shape index (κ2) is 7.46. The molecular weight excluding hydrogens is 366 g/mol. The van der Waals surface area contributed by atoms with Gasteiger partial charge in [0.2, 0.25) is 0 Å². The van der Waals surface area contributed by atoms with E-state index in [1.165, 1.54) is 4.40 Å². The third-order valence-electron chi connectivity index (χ3n) is 5.65. The number of fused-ring (bicyclic) bond motifs is 2. The molecule has 1 saturated heterocycles. The maximum absolute atomic E-state index is 13.4. The topological polar surface area (TPSA) is 83.5 Å². The van der Waals surface area contributed by atoms with Gasteiger partial charge in [0.1, 0.15) is 16.8 Å². The molecule has 2 unspecified atom stereocenters. The molecule has 4 heterocycles. The molecule has 0 bridgehead atoms. The van der Waals surface area contributed by atoms with Crippen LogP contribution in [0.2, 0.25) is 0 Å². The van der Waals surface area contributed by atoms with Gasteiger partial charge in [0.05, 0.1) is 10.9 Å². The summed E-state index contributed by atoms with van der Waals surface area (Å²) in [6, 6.07) is 6.96. The number of nitrogens with one attached hydrogen (secondary N) is 1. The van der Waals surface area contributed by atoms with E-state index in [1.54, 1.807) is 29.0 Å². The summed E-state index contributed by atoms with van der Waals surface area (Å²) >= 11 is 0. The number of piperidine rings is 1. The number of hydrogen-bond donors (Lipinski definition) is 1. The van der Waals surface area contributed by atoms with Crippen LogP contribution in [0, 0.1) is 17.2 Å². The van der Waals surface area contributed by atoms with Gasteiger partial charge in [-0.1, -0.05) is 26.8 Å². The zero-order valence-corrected chi connectivity index (χ0v) is 17.2. The summed E-state index contributed by atoms with van der Waals surface area (Å²) in [5, 5.41) is 9.10. The van der Waals surface area contributed by atoms with Crippen LogP contribution in [-0.2, 0) is 6.54 Å². The monoisotopic (exact) mass is 393 g/mol. The first-order valence-electron chi connectivity index (χ1n) is 10.3. The van der Waals surface area contributed by atoms with E-state index in [0.29, 0.717) is 48.2 Å². The van der Waals surface area contributed by atoms with E-state index in [9.17, 15) is 9.59 Å². The minimum absolute atomic E-state index is 0.127. The quantitative estimate of drug-likeness (QED) is 0.695. The van der Waals surface area contributed by atoms with Crippen molar-refractivity contribution in [1.29, 1.82) is 5.41 Å². The molecule has 0 saturated carbocycles. The Balaban J connectivity index is 1.95. The predicted molar refractivity (Wildman–Crippen MR) is 112 cm³/mol. The molecule has 1 aliphatic heterocycles. The first-order valence-corrected chi connectivity index (χ1v) is 10.3. The van der Waals surface area contributed by atoms with Crippen LogP contribution in [0.1, 0.15) is 44.0 Å². The van der Waals surface area contributed by atoms with Crippen molar-refractivity contribution in [2.24, 2.45) is 11.8 Å². The van der Waals surface area contributed by atoms with E-state index in [-0.39, 0.29) is 22.5 Å². The van der Waals surface area contributed by atoms with Crippen LogP contribution in [0.4, 0.5) is 0 Å². The van der Waals surface area contributed by atoms with Gasteiger partial charge in [0, 0.05) is 25.8 Å². The number of carbonyl (C=O) groups is 1. The first kappa shape index (κ1) is 19.4. The molecule has 7 heteroatoms. The zero-order valence-electron chi connectivity index (χ0n) is 17.2. The van der Waals surface area contributed by atoms with Crippen LogP contribution < -0.4 is 11.0 Å². The van der Waals surface area contributed by atoms with Gasteiger partial charge < -0.3 is 9.47 Å². The minimum atomic E-state index is -0.218. The van der Waals surface area contributed by atoms with Gasteiger partial charge in [0.15, 0.2) is 0 Å². The Labute approximate surface area is 169 Å². The lowest BCUT2D eigenvalue weighted by atomic mass is 9.91. The zero-order chi connectivity index (χ0) is 20.7. The van der Waals surface area contributed by atoms with Crippen LogP contribution >= 0.6 is 0 Å². The number of nitrogens with zero attached hydrogens (tertiary/aromatic N) is 4. The van der Waals surface area contributed by atoms with Gasteiger partial charge in [-0.15, -0.1) is 0 Å². The Bertz CT molecular complexity index is 1200. The van der Waals surface area contributed by atoms with Crippen molar-refractivity contribution in [2.75, 3.05) is 13.1 Å². The van der Waals surface area contributed by atoms with Crippen LogP contribution in [-0.4, -0.2) is 37.8 Å². The summed E-state index contributed by atoms with van der Waals surface area (Å²) in [6.45, 7) is 8.20. The molecule has 4 rings (SSSR count). The molecule has 1 amide bonds. The summed E-state index contributed by atoms with van der Waals surface area (Å²) < 4.78 is 3.19. The lowest BCUT2D eigenvalue weighted by Gasteiger charge is -2.35. The van der Waals surface area contributed by atoms with E-state index >= 15 is 0 Å². The van der Waals surface area contributed by atoms with E-state index in [4.69, 9.17) is 5.41 Å². The molecule has 1 N–H and O–H groups in total. The highest BCUT2D eigenvalue weighted by Crippen LogP contribution is 2.22. The fourth-order valence-electron chi connectivity index (χ4n) is 4.49. The molecule has 2 atom stereocenters. The summed E-state index contributed by atoms with van der Waals surface area (Å²) in [7, 11) is 0. The lowest BCUT2D eigenvalue weighted by Crippen LogP contribution is -2.45. The standard InChI is InChI=1S/C22H27N5O2/c1-4-8-27-19(23)16(21(28)25-12-14(2)10-15(3)13-25)11-17-20(27)24-18-7-5-6-9-26(18)22(17)29/h5-7,9,11,14-15,23H,4,8,10,12-13H2,1-3H3. The van der Waals surface area contributed by atoms with Gasteiger partial charge in [0.25, 0.3) is 11.5 Å².